The van der Waals surface area contributed by atoms with E-state index in [9.17, 15) is 19.5 Å². The SMILES string of the molecule is NCCCC[C@H](NC(=O)N[C@@H]1Cc2ccc(cc2)OC/C=C/COC[C@H](Cc2ccccc2)NC1=O)C(=O)O. The Balaban J connectivity index is 1.78. The fourth-order valence-corrected chi connectivity index (χ4v) is 4.19. The molecule has 6 N–H and O–H groups in total. The number of amides is 3. The molecule has 10 nitrogen and oxygen atoms in total. The van der Waals surface area contributed by atoms with Crippen molar-refractivity contribution in [3.63, 3.8) is 0 Å². The van der Waals surface area contributed by atoms with Gasteiger partial charge in [-0.15, -0.1) is 0 Å². The lowest BCUT2D eigenvalue weighted by Gasteiger charge is -2.25. The maximum atomic E-state index is 13.5. The van der Waals surface area contributed by atoms with Crippen LogP contribution in [0.1, 0.15) is 30.4 Å². The van der Waals surface area contributed by atoms with Crippen LogP contribution in [0.5, 0.6) is 5.75 Å². The molecule has 2 heterocycles. The zero-order valence-corrected chi connectivity index (χ0v) is 22.0. The molecule has 0 aliphatic carbocycles. The van der Waals surface area contributed by atoms with Crippen molar-refractivity contribution in [2.75, 3.05) is 26.4 Å². The minimum Gasteiger partial charge on any atom is -0.490 e. The maximum absolute atomic E-state index is 13.5. The molecule has 0 saturated heterocycles. The van der Waals surface area contributed by atoms with Crippen LogP contribution in [0.4, 0.5) is 4.79 Å². The number of carbonyl (C=O) groups is 3. The Hall–Kier alpha value is -3.89. The maximum Gasteiger partial charge on any atom is 0.326 e. The molecule has 0 fully saturated rings. The van der Waals surface area contributed by atoms with Crippen LogP contribution in [-0.4, -0.2) is 67.5 Å². The van der Waals surface area contributed by atoms with Crippen molar-refractivity contribution in [3.05, 3.63) is 77.9 Å². The predicted octanol–water partition coefficient (Wildman–Crippen LogP) is 2.17. The monoisotopic (exact) mass is 538 g/mol. The van der Waals surface area contributed by atoms with Gasteiger partial charge >= 0.3 is 12.0 Å². The van der Waals surface area contributed by atoms with Crippen molar-refractivity contribution >= 4 is 17.9 Å². The van der Waals surface area contributed by atoms with E-state index in [1.807, 2.05) is 54.6 Å². The summed E-state index contributed by atoms with van der Waals surface area (Å²) in [4.78, 5) is 38.0. The summed E-state index contributed by atoms with van der Waals surface area (Å²) in [5, 5.41) is 17.7. The van der Waals surface area contributed by atoms with E-state index in [4.69, 9.17) is 15.2 Å². The van der Waals surface area contributed by atoms with Crippen molar-refractivity contribution in [2.24, 2.45) is 5.73 Å². The second-order valence-corrected chi connectivity index (χ2v) is 9.41. The van der Waals surface area contributed by atoms with Crippen LogP contribution in [0.2, 0.25) is 0 Å². The van der Waals surface area contributed by atoms with Crippen LogP contribution in [0.3, 0.4) is 0 Å². The average molecular weight is 539 g/mol. The van der Waals surface area contributed by atoms with Gasteiger partial charge in [-0.1, -0.05) is 48.5 Å². The molecule has 4 rings (SSSR count). The van der Waals surface area contributed by atoms with E-state index in [2.05, 4.69) is 16.0 Å². The van der Waals surface area contributed by atoms with E-state index in [-0.39, 0.29) is 25.5 Å². The number of rotatable bonds is 9. The molecule has 3 atom stereocenters. The molecule has 3 amide bonds. The first-order chi connectivity index (χ1) is 18.9. The van der Waals surface area contributed by atoms with E-state index in [1.165, 1.54) is 0 Å². The molecule has 10 heteroatoms. The second kappa shape index (κ2) is 16.2. The smallest absolute Gasteiger partial charge is 0.326 e. The van der Waals surface area contributed by atoms with Crippen molar-refractivity contribution in [1.82, 2.24) is 16.0 Å². The minimum atomic E-state index is -1.14. The second-order valence-electron chi connectivity index (χ2n) is 9.41. The third kappa shape index (κ3) is 10.8. The summed E-state index contributed by atoms with van der Waals surface area (Å²) in [6, 6.07) is 13.9. The number of carboxylic acid groups (broad SMARTS) is 1. The zero-order valence-electron chi connectivity index (χ0n) is 22.0. The molecule has 0 radical (unpaired) electrons. The van der Waals surface area contributed by atoms with Crippen LogP contribution in [-0.2, 0) is 27.2 Å². The largest absolute Gasteiger partial charge is 0.490 e. The average Bonchev–Trinajstić information content (AvgIpc) is 2.92. The van der Waals surface area contributed by atoms with Gasteiger partial charge in [0, 0.05) is 6.42 Å². The first-order valence-corrected chi connectivity index (χ1v) is 13.2. The molecule has 0 unspecified atom stereocenters. The van der Waals surface area contributed by atoms with Gasteiger partial charge < -0.3 is 36.3 Å². The van der Waals surface area contributed by atoms with Crippen molar-refractivity contribution < 1.29 is 29.0 Å². The molecule has 0 saturated carbocycles. The van der Waals surface area contributed by atoms with E-state index >= 15 is 0 Å². The summed E-state index contributed by atoms with van der Waals surface area (Å²) in [7, 11) is 0. The van der Waals surface area contributed by atoms with Gasteiger partial charge in [0.2, 0.25) is 5.91 Å². The highest BCUT2D eigenvalue weighted by Gasteiger charge is 2.26. The number of hydrogen-bond donors (Lipinski definition) is 5. The Morgan fingerprint density at radius 3 is 2.51 bits per heavy atom. The molecule has 210 valence electrons. The molecule has 39 heavy (non-hydrogen) atoms. The summed E-state index contributed by atoms with van der Waals surface area (Å²) < 4.78 is 11.5. The number of urea groups is 1. The van der Waals surface area contributed by atoms with Gasteiger partial charge in [0.15, 0.2) is 0 Å². The van der Waals surface area contributed by atoms with E-state index < -0.39 is 30.0 Å². The van der Waals surface area contributed by atoms with Gasteiger partial charge in [0.05, 0.1) is 19.3 Å². The molecular weight excluding hydrogens is 500 g/mol. The summed E-state index contributed by atoms with van der Waals surface area (Å²) in [5.74, 6) is -0.866. The Kier molecular flexibility index (Phi) is 12.3. The third-order valence-corrected chi connectivity index (χ3v) is 6.25. The minimum absolute atomic E-state index is 0.198. The molecule has 2 aromatic carbocycles. The number of carboxylic acids is 1. The van der Waals surface area contributed by atoms with Gasteiger partial charge in [-0.25, -0.2) is 9.59 Å². The van der Waals surface area contributed by atoms with Gasteiger partial charge in [0.25, 0.3) is 0 Å². The van der Waals surface area contributed by atoms with Crippen LogP contribution in [0.15, 0.2) is 66.7 Å². The molecule has 2 aliphatic rings. The lowest BCUT2D eigenvalue weighted by Crippen LogP contribution is -2.56. The number of nitrogens with two attached hydrogens (primary N) is 1. The van der Waals surface area contributed by atoms with Gasteiger partial charge in [-0.05, 0) is 61.6 Å². The molecule has 2 aliphatic heterocycles. The number of unbranched alkanes of at least 4 members (excludes halogenated alkanes) is 1. The fraction of sp³-hybridized carbons (Fsp3) is 0.414. The fourth-order valence-electron chi connectivity index (χ4n) is 4.19. The highest BCUT2D eigenvalue weighted by molar-refractivity contribution is 5.89. The molecule has 2 bridgehead atoms. The number of fused-ring (bicyclic) bond motifs is 12. The Morgan fingerprint density at radius 2 is 1.79 bits per heavy atom. The van der Waals surface area contributed by atoms with Crippen LogP contribution < -0.4 is 26.4 Å². The Bertz CT molecular complexity index is 1080. The topological polar surface area (TPSA) is 152 Å². The van der Waals surface area contributed by atoms with Gasteiger partial charge in [0.1, 0.15) is 24.4 Å². The third-order valence-electron chi connectivity index (χ3n) is 6.25. The van der Waals surface area contributed by atoms with Crippen LogP contribution >= 0.6 is 0 Å². The van der Waals surface area contributed by atoms with E-state index in [1.54, 1.807) is 12.1 Å². The Labute approximate surface area is 228 Å². The molecular formula is C29H38N4O6. The standard InChI is InChI=1S/C29H38N4O6/c30-15-5-4-10-25(28(35)36)32-29(37)33-26-19-22-11-13-24(14-12-22)39-17-7-6-16-38-20-23(31-27(26)34)18-21-8-2-1-3-9-21/h1-3,6-9,11-14,23,25-26H,4-5,10,15-20,30H2,(H,31,34)(H,35,36)(H2,32,33,37)/b7-6+/t23-,25-,26+/m0/s1. The first kappa shape index (κ1) is 29.7. The zero-order chi connectivity index (χ0) is 27.9. The van der Waals surface area contributed by atoms with Crippen molar-refractivity contribution in [3.8, 4) is 5.75 Å². The number of benzene rings is 2. The van der Waals surface area contributed by atoms with Gasteiger partial charge in [-0.2, -0.15) is 0 Å². The Morgan fingerprint density at radius 1 is 1.05 bits per heavy atom. The van der Waals surface area contributed by atoms with Crippen LogP contribution in [0.25, 0.3) is 0 Å². The van der Waals surface area contributed by atoms with Gasteiger partial charge in [-0.3, -0.25) is 4.79 Å². The molecule has 2 aromatic rings. The van der Waals surface area contributed by atoms with Crippen molar-refractivity contribution in [2.45, 2.75) is 50.2 Å². The first-order valence-electron chi connectivity index (χ1n) is 13.2. The lowest BCUT2D eigenvalue weighted by molar-refractivity contribution is -0.139. The van der Waals surface area contributed by atoms with Crippen LogP contribution in [0, 0.1) is 0 Å². The van der Waals surface area contributed by atoms with Crippen molar-refractivity contribution in [1.29, 1.82) is 0 Å². The summed E-state index contributed by atoms with van der Waals surface area (Å²) in [6.07, 6.45) is 5.93. The predicted molar refractivity (Wildman–Crippen MR) is 147 cm³/mol. The number of aliphatic carboxylic acids is 1. The number of ether oxygens (including phenoxy) is 2. The normalized spacial score (nSPS) is 19.8. The summed E-state index contributed by atoms with van der Waals surface area (Å²) in [5.41, 5.74) is 7.34. The molecule has 0 spiro atoms. The lowest BCUT2D eigenvalue weighted by atomic mass is 10.0. The van der Waals surface area contributed by atoms with E-state index in [0.717, 1.165) is 11.1 Å². The number of nitrogens with one attached hydrogen (secondary N) is 3. The number of carbonyl (C=O) groups excluding carboxylic acids is 2. The van der Waals surface area contributed by atoms with E-state index in [0.29, 0.717) is 44.8 Å². The summed E-state index contributed by atoms with van der Waals surface area (Å²) >= 11 is 0. The number of hydrogen-bond acceptors (Lipinski definition) is 6. The quantitative estimate of drug-likeness (QED) is 0.242. The summed E-state index contributed by atoms with van der Waals surface area (Å²) in [6.45, 7) is 1.46. The highest BCUT2D eigenvalue weighted by Crippen LogP contribution is 2.14. The molecule has 0 aromatic heterocycles. The highest BCUT2D eigenvalue weighted by atomic mass is 16.5.